The minimum Gasteiger partial charge on any atom is -0.493 e. The molecule has 0 radical (unpaired) electrons. The van der Waals surface area contributed by atoms with Crippen LogP contribution in [0.15, 0.2) is 42.5 Å². The van der Waals surface area contributed by atoms with Gasteiger partial charge in [-0.1, -0.05) is 37.6 Å². The molecule has 2 amide bonds. The first-order valence-corrected chi connectivity index (χ1v) is 9.98. The summed E-state index contributed by atoms with van der Waals surface area (Å²) in [6.45, 7) is 2.88. The summed E-state index contributed by atoms with van der Waals surface area (Å²) in [5.41, 5.74) is 2.14. The van der Waals surface area contributed by atoms with Gasteiger partial charge in [0, 0.05) is 12.1 Å². The molecule has 1 unspecified atom stereocenters. The number of halogens is 2. The number of aryl methyl sites for hydroxylation is 1. The molecule has 0 aromatic heterocycles. The molecule has 0 bridgehead atoms. The van der Waals surface area contributed by atoms with Gasteiger partial charge in [0.25, 0.3) is 5.91 Å². The zero-order chi connectivity index (χ0) is 23.0. The summed E-state index contributed by atoms with van der Waals surface area (Å²) in [6.07, 6.45) is 0.395. The number of hydrogen-bond acceptors (Lipinski definition) is 4. The van der Waals surface area contributed by atoms with Crippen LogP contribution >= 0.6 is 0 Å². The van der Waals surface area contributed by atoms with Crippen LogP contribution in [0.4, 0.5) is 8.78 Å². The Morgan fingerprint density at radius 1 is 1.06 bits per heavy atom. The first-order chi connectivity index (χ1) is 14.7. The van der Waals surface area contributed by atoms with E-state index in [1.165, 1.54) is 19.2 Å². The lowest BCUT2D eigenvalue weighted by Crippen LogP contribution is -2.50. The molecule has 31 heavy (non-hydrogen) atoms. The van der Waals surface area contributed by atoms with E-state index in [1.807, 2.05) is 26.8 Å². The van der Waals surface area contributed by atoms with Crippen molar-refractivity contribution in [1.29, 1.82) is 0 Å². The van der Waals surface area contributed by atoms with Crippen LogP contribution in [0.2, 0.25) is 0 Å². The number of carbonyl (C=O) groups excluding carboxylic acids is 2. The Kier molecular flexibility index (Phi) is 8.78. The minimum absolute atomic E-state index is 0.0631. The Bertz CT molecular complexity index is 903. The Hall–Kier alpha value is -3.16. The van der Waals surface area contributed by atoms with Crippen LogP contribution in [0, 0.1) is 12.8 Å². The van der Waals surface area contributed by atoms with Crippen LogP contribution in [0.1, 0.15) is 35.3 Å². The molecule has 8 heteroatoms. The lowest BCUT2D eigenvalue weighted by Gasteiger charge is -2.22. The van der Waals surface area contributed by atoms with Crippen LogP contribution in [-0.2, 0) is 11.2 Å². The van der Waals surface area contributed by atoms with Crippen molar-refractivity contribution in [3.05, 3.63) is 59.2 Å². The van der Waals surface area contributed by atoms with E-state index >= 15 is 0 Å². The number of rotatable bonds is 10. The van der Waals surface area contributed by atoms with E-state index in [9.17, 15) is 18.4 Å². The second-order valence-electron chi connectivity index (χ2n) is 7.47. The average molecular weight is 434 g/mol. The third-order valence-corrected chi connectivity index (χ3v) is 4.67. The van der Waals surface area contributed by atoms with Crippen molar-refractivity contribution in [1.82, 2.24) is 10.6 Å². The topological polar surface area (TPSA) is 76.7 Å². The highest BCUT2D eigenvalue weighted by Gasteiger charge is 2.24. The number of methoxy groups -OCH3 is 1. The minimum atomic E-state index is -2.97. The molecule has 0 heterocycles. The van der Waals surface area contributed by atoms with Gasteiger partial charge >= 0.3 is 6.61 Å². The molecule has 1 atom stereocenters. The largest absolute Gasteiger partial charge is 0.493 e. The fraction of sp³-hybridized carbons (Fsp3) is 0.391. The van der Waals surface area contributed by atoms with Crippen molar-refractivity contribution < 1.29 is 27.8 Å². The van der Waals surface area contributed by atoms with E-state index in [0.717, 1.165) is 5.56 Å². The quantitative estimate of drug-likeness (QED) is 0.598. The highest BCUT2D eigenvalue weighted by molar-refractivity contribution is 5.97. The van der Waals surface area contributed by atoms with Gasteiger partial charge < -0.3 is 20.1 Å². The molecule has 0 fully saturated rings. The van der Waals surface area contributed by atoms with E-state index in [-0.39, 0.29) is 35.8 Å². The highest BCUT2D eigenvalue weighted by atomic mass is 19.3. The van der Waals surface area contributed by atoms with E-state index in [4.69, 9.17) is 4.74 Å². The number of benzene rings is 2. The normalized spacial score (nSPS) is 11.9. The third kappa shape index (κ3) is 7.24. The van der Waals surface area contributed by atoms with Gasteiger partial charge in [-0.3, -0.25) is 9.59 Å². The molecule has 2 aromatic carbocycles. The number of ether oxygens (including phenoxy) is 2. The molecule has 0 aliphatic rings. The zero-order valence-corrected chi connectivity index (χ0v) is 18.1. The number of hydrogen-bond donors (Lipinski definition) is 2. The lowest BCUT2D eigenvalue weighted by molar-refractivity contribution is -0.123. The molecule has 0 aliphatic heterocycles. The first-order valence-electron chi connectivity index (χ1n) is 9.98. The molecule has 168 valence electrons. The van der Waals surface area contributed by atoms with Crippen LogP contribution in [0.25, 0.3) is 0 Å². The predicted octanol–water partition coefficient (Wildman–Crippen LogP) is 3.72. The van der Waals surface area contributed by atoms with E-state index < -0.39 is 12.7 Å². The summed E-state index contributed by atoms with van der Waals surface area (Å²) < 4.78 is 34.6. The summed E-state index contributed by atoms with van der Waals surface area (Å²) in [4.78, 5) is 25.2. The molecule has 2 aromatic rings. The maximum atomic E-state index is 12.7. The van der Waals surface area contributed by atoms with E-state index in [1.54, 1.807) is 24.3 Å². The van der Waals surface area contributed by atoms with Crippen molar-refractivity contribution in [3.63, 3.8) is 0 Å². The van der Waals surface area contributed by atoms with Crippen LogP contribution in [0.5, 0.6) is 11.5 Å². The molecule has 0 saturated heterocycles. The van der Waals surface area contributed by atoms with E-state index in [2.05, 4.69) is 15.4 Å². The van der Waals surface area contributed by atoms with Gasteiger partial charge in [0.1, 0.15) is 6.04 Å². The van der Waals surface area contributed by atoms with Crippen molar-refractivity contribution in [2.24, 2.45) is 5.92 Å². The third-order valence-electron chi connectivity index (χ3n) is 4.67. The van der Waals surface area contributed by atoms with Crippen molar-refractivity contribution in [2.75, 3.05) is 13.7 Å². The van der Waals surface area contributed by atoms with Gasteiger partial charge in [-0.2, -0.15) is 8.78 Å². The Labute approximate surface area is 180 Å². The van der Waals surface area contributed by atoms with Crippen LogP contribution in [0.3, 0.4) is 0 Å². The van der Waals surface area contributed by atoms with Crippen molar-refractivity contribution in [3.8, 4) is 11.5 Å². The van der Waals surface area contributed by atoms with Crippen molar-refractivity contribution in [2.45, 2.75) is 39.8 Å². The second-order valence-corrected chi connectivity index (χ2v) is 7.47. The molecule has 2 rings (SSSR count). The maximum absolute atomic E-state index is 12.7. The Morgan fingerprint density at radius 2 is 1.81 bits per heavy atom. The molecular formula is C23H28F2N2O4. The summed E-state index contributed by atoms with van der Waals surface area (Å²) >= 11 is 0. The second kappa shape index (κ2) is 11.3. The fourth-order valence-electron chi connectivity index (χ4n) is 3.05. The number of carbonyl (C=O) groups is 2. The van der Waals surface area contributed by atoms with Crippen LogP contribution in [-0.4, -0.2) is 38.1 Å². The predicted molar refractivity (Wildman–Crippen MR) is 114 cm³/mol. The highest BCUT2D eigenvalue weighted by Crippen LogP contribution is 2.29. The van der Waals surface area contributed by atoms with Gasteiger partial charge in [0.2, 0.25) is 5.91 Å². The smallest absolute Gasteiger partial charge is 0.387 e. The fourth-order valence-corrected chi connectivity index (χ4v) is 3.05. The summed E-state index contributed by atoms with van der Waals surface area (Å²) in [5.74, 6) is -0.616. The van der Waals surface area contributed by atoms with Crippen molar-refractivity contribution >= 4 is 11.8 Å². The summed E-state index contributed by atoms with van der Waals surface area (Å²) in [6, 6.07) is 11.1. The lowest BCUT2D eigenvalue weighted by atomic mass is 10.0. The van der Waals surface area contributed by atoms with Gasteiger partial charge in [-0.05, 0) is 49.1 Å². The van der Waals surface area contributed by atoms with Gasteiger partial charge in [-0.25, -0.2) is 0 Å². The van der Waals surface area contributed by atoms with Crippen LogP contribution < -0.4 is 20.1 Å². The molecule has 0 aliphatic carbocycles. The zero-order valence-electron chi connectivity index (χ0n) is 18.1. The Morgan fingerprint density at radius 3 is 2.42 bits per heavy atom. The van der Waals surface area contributed by atoms with E-state index in [0.29, 0.717) is 17.5 Å². The standard InChI is InChI=1S/C23H28F2N2O4/c1-14(2)20(27-21(28)17-7-5-6-15(3)12-17)22(29)26-11-10-16-8-9-18(30-4)19(13-16)31-23(24)25/h5-9,12-14,20,23H,10-11H2,1-4H3,(H,26,29)(H,27,28). The number of amides is 2. The SMILES string of the molecule is COc1ccc(CCNC(=O)C(NC(=O)c2cccc(C)c2)C(C)C)cc1OC(F)F. The molecule has 6 nitrogen and oxygen atoms in total. The Balaban J connectivity index is 1.97. The summed E-state index contributed by atoms with van der Waals surface area (Å²) in [5, 5.41) is 5.58. The molecule has 0 saturated carbocycles. The first kappa shape index (κ1) is 24.1. The molecule has 0 spiro atoms. The maximum Gasteiger partial charge on any atom is 0.387 e. The number of alkyl halides is 2. The number of nitrogens with one attached hydrogen (secondary N) is 2. The van der Waals surface area contributed by atoms with Gasteiger partial charge in [0.05, 0.1) is 7.11 Å². The monoisotopic (exact) mass is 434 g/mol. The molecular weight excluding hydrogens is 406 g/mol. The van der Waals surface area contributed by atoms with Gasteiger partial charge in [-0.15, -0.1) is 0 Å². The average Bonchev–Trinajstić information content (AvgIpc) is 2.71. The van der Waals surface area contributed by atoms with Gasteiger partial charge in [0.15, 0.2) is 11.5 Å². The summed E-state index contributed by atoms with van der Waals surface area (Å²) in [7, 11) is 1.37. The molecule has 2 N–H and O–H groups in total.